The fourth-order valence-corrected chi connectivity index (χ4v) is 4.07. The predicted octanol–water partition coefficient (Wildman–Crippen LogP) is 3.08. The van der Waals surface area contributed by atoms with E-state index in [1.54, 1.807) is 12.3 Å². The van der Waals surface area contributed by atoms with Crippen LogP contribution in [0, 0.1) is 11.3 Å². The Balaban J connectivity index is 1.76. The molecule has 1 N–H and O–H groups in total. The predicted molar refractivity (Wildman–Crippen MR) is 76.9 cm³/mol. The lowest BCUT2D eigenvalue weighted by molar-refractivity contribution is -0.149. The van der Waals surface area contributed by atoms with Gasteiger partial charge in [0.2, 0.25) is 0 Å². The molecule has 1 saturated heterocycles. The van der Waals surface area contributed by atoms with Crippen LogP contribution in [0.4, 0.5) is 0 Å². The second-order valence-corrected chi connectivity index (χ2v) is 6.65. The topological polar surface area (TPSA) is 53.4 Å². The lowest BCUT2D eigenvalue weighted by Gasteiger charge is -2.23. The van der Waals surface area contributed by atoms with E-state index in [9.17, 15) is 9.90 Å². The molecule has 1 aromatic heterocycles. The highest BCUT2D eigenvalue weighted by molar-refractivity contribution is 6.34. The van der Waals surface area contributed by atoms with Crippen LogP contribution in [0.1, 0.15) is 25.0 Å². The maximum absolute atomic E-state index is 11.6. The first-order chi connectivity index (χ1) is 9.51. The number of aromatic nitrogens is 1. The van der Waals surface area contributed by atoms with Crippen molar-refractivity contribution in [3.63, 3.8) is 0 Å². The zero-order valence-electron chi connectivity index (χ0n) is 11.0. The van der Waals surface area contributed by atoms with Gasteiger partial charge in [0.05, 0.1) is 21.2 Å². The lowest BCUT2D eigenvalue weighted by Crippen LogP contribution is -2.35. The highest BCUT2D eigenvalue weighted by Crippen LogP contribution is 2.49. The van der Waals surface area contributed by atoms with Gasteiger partial charge in [-0.15, -0.1) is 0 Å². The molecule has 3 rings (SSSR count). The van der Waals surface area contributed by atoms with Gasteiger partial charge in [0.25, 0.3) is 0 Å². The van der Waals surface area contributed by atoms with Crippen molar-refractivity contribution in [1.29, 1.82) is 0 Å². The molecule has 1 aliphatic carbocycles. The summed E-state index contributed by atoms with van der Waals surface area (Å²) in [6.07, 6.45) is 4.38. The van der Waals surface area contributed by atoms with Crippen molar-refractivity contribution in [2.24, 2.45) is 11.3 Å². The van der Waals surface area contributed by atoms with E-state index in [1.165, 1.54) is 0 Å². The molecule has 1 aliphatic heterocycles. The highest BCUT2D eigenvalue weighted by atomic mass is 35.5. The third-order valence-electron chi connectivity index (χ3n) is 4.62. The van der Waals surface area contributed by atoms with Gasteiger partial charge in [-0.25, -0.2) is 0 Å². The molecule has 0 bridgehead atoms. The van der Waals surface area contributed by atoms with Crippen molar-refractivity contribution < 1.29 is 9.90 Å². The number of likely N-dealkylation sites (tertiary alicyclic amines) is 1. The first-order valence-electron chi connectivity index (χ1n) is 6.77. The Kier molecular flexibility index (Phi) is 3.65. The minimum absolute atomic E-state index is 0.256. The van der Waals surface area contributed by atoms with Gasteiger partial charge in [-0.2, -0.15) is 0 Å². The van der Waals surface area contributed by atoms with Gasteiger partial charge in [0.15, 0.2) is 0 Å². The summed E-state index contributed by atoms with van der Waals surface area (Å²) in [5, 5.41) is 10.6. The maximum Gasteiger partial charge on any atom is 0.311 e. The number of halogens is 2. The van der Waals surface area contributed by atoms with E-state index in [1.807, 2.05) is 0 Å². The molecule has 6 heteroatoms. The molecule has 1 saturated carbocycles. The molecule has 0 amide bonds. The van der Waals surface area contributed by atoms with Crippen LogP contribution in [0.3, 0.4) is 0 Å². The Labute approximate surface area is 127 Å². The van der Waals surface area contributed by atoms with E-state index in [0.29, 0.717) is 23.1 Å². The fourth-order valence-electron chi connectivity index (χ4n) is 3.63. The van der Waals surface area contributed by atoms with Gasteiger partial charge in [-0.1, -0.05) is 29.6 Å². The molecule has 1 aromatic rings. The van der Waals surface area contributed by atoms with E-state index in [2.05, 4.69) is 9.88 Å². The Morgan fingerprint density at radius 1 is 1.55 bits per heavy atom. The Bertz CT molecular complexity index is 552. The van der Waals surface area contributed by atoms with Crippen LogP contribution >= 0.6 is 23.2 Å². The van der Waals surface area contributed by atoms with Crippen LogP contribution in [0.15, 0.2) is 12.3 Å². The second kappa shape index (κ2) is 5.17. The molecule has 2 aliphatic rings. The Morgan fingerprint density at radius 3 is 3.00 bits per heavy atom. The standard InChI is InChI=1S/C14H16Cl2N2O2/c15-10-4-11(16)12(17-5-10)7-18-6-9-2-1-3-14(9,8-18)13(19)20/h4-5,9H,1-3,6-8H2,(H,19,20)/t9-,14+/m0/s1. The number of hydrogen-bond donors (Lipinski definition) is 1. The minimum atomic E-state index is -0.655. The molecule has 2 fully saturated rings. The first-order valence-corrected chi connectivity index (χ1v) is 7.52. The third-order valence-corrected chi connectivity index (χ3v) is 5.16. The number of hydrogen-bond acceptors (Lipinski definition) is 3. The number of nitrogens with zero attached hydrogens (tertiary/aromatic N) is 2. The summed E-state index contributed by atoms with van der Waals surface area (Å²) < 4.78 is 0. The molecule has 108 valence electrons. The van der Waals surface area contributed by atoms with Gasteiger partial charge in [-0.3, -0.25) is 14.7 Å². The van der Waals surface area contributed by atoms with E-state index in [4.69, 9.17) is 23.2 Å². The summed E-state index contributed by atoms with van der Waals surface area (Å²) >= 11 is 12.0. The van der Waals surface area contributed by atoms with E-state index >= 15 is 0 Å². The number of carbonyl (C=O) groups is 1. The number of carboxylic acids is 1. The zero-order valence-corrected chi connectivity index (χ0v) is 12.5. The number of fused-ring (bicyclic) bond motifs is 1. The SMILES string of the molecule is O=C(O)[C@@]12CCC[C@H]1CN(Cc1ncc(Cl)cc1Cl)C2. The number of pyridine rings is 1. The molecule has 4 nitrogen and oxygen atoms in total. The Hall–Kier alpha value is -0.840. The molecule has 20 heavy (non-hydrogen) atoms. The smallest absolute Gasteiger partial charge is 0.311 e. The van der Waals surface area contributed by atoms with Gasteiger partial charge < -0.3 is 5.11 Å². The molecular weight excluding hydrogens is 299 g/mol. The average molecular weight is 315 g/mol. The fraction of sp³-hybridized carbons (Fsp3) is 0.571. The summed E-state index contributed by atoms with van der Waals surface area (Å²) in [6.45, 7) is 1.99. The largest absolute Gasteiger partial charge is 0.481 e. The van der Waals surface area contributed by atoms with Crippen LogP contribution < -0.4 is 0 Å². The van der Waals surface area contributed by atoms with Crippen molar-refractivity contribution in [2.45, 2.75) is 25.8 Å². The molecule has 0 unspecified atom stereocenters. The summed E-state index contributed by atoms with van der Waals surface area (Å²) in [7, 11) is 0. The summed E-state index contributed by atoms with van der Waals surface area (Å²) in [5.74, 6) is -0.399. The molecule has 0 spiro atoms. The van der Waals surface area contributed by atoms with Crippen LogP contribution in [0.2, 0.25) is 10.0 Å². The number of rotatable bonds is 3. The third kappa shape index (κ3) is 2.30. The quantitative estimate of drug-likeness (QED) is 0.931. The van der Waals surface area contributed by atoms with Crippen molar-refractivity contribution in [2.75, 3.05) is 13.1 Å². The molecule has 0 aromatic carbocycles. The van der Waals surface area contributed by atoms with Crippen LogP contribution in [-0.4, -0.2) is 34.0 Å². The molecule has 2 atom stereocenters. The van der Waals surface area contributed by atoms with Crippen molar-refractivity contribution >= 4 is 29.2 Å². The summed E-state index contributed by atoms with van der Waals surface area (Å²) in [6, 6.07) is 1.68. The van der Waals surface area contributed by atoms with Gasteiger partial charge in [0, 0.05) is 25.8 Å². The summed E-state index contributed by atoms with van der Waals surface area (Å²) in [5.41, 5.74) is 0.204. The van der Waals surface area contributed by atoms with E-state index in [-0.39, 0.29) is 5.92 Å². The van der Waals surface area contributed by atoms with Crippen LogP contribution in [0.25, 0.3) is 0 Å². The normalized spacial score (nSPS) is 29.6. The zero-order chi connectivity index (χ0) is 14.3. The van der Waals surface area contributed by atoms with Gasteiger partial charge >= 0.3 is 5.97 Å². The van der Waals surface area contributed by atoms with Gasteiger partial charge in [-0.05, 0) is 24.8 Å². The van der Waals surface area contributed by atoms with Crippen molar-refractivity contribution in [3.8, 4) is 0 Å². The minimum Gasteiger partial charge on any atom is -0.481 e. The molecular formula is C14H16Cl2N2O2. The maximum atomic E-state index is 11.6. The monoisotopic (exact) mass is 314 g/mol. The Morgan fingerprint density at radius 2 is 2.35 bits per heavy atom. The first kappa shape index (κ1) is 14.1. The second-order valence-electron chi connectivity index (χ2n) is 5.80. The molecule has 2 heterocycles. The van der Waals surface area contributed by atoms with Crippen molar-refractivity contribution in [1.82, 2.24) is 9.88 Å². The van der Waals surface area contributed by atoms with E-state index in [0.717, 1.165) is 31.5 Å². The van der Waals surface area contributed by atoms with Crippen molar-refractivity contribution in [3.05, 3.63) is 28.0 Å². The number of carboxylic acid groups (broad SMARTS) is 1. The van der Waals surface area contributed by atoms with E-state index < -0.39 is 11.4 Å². The lowest BCUT2D eigenvalue weighted by atomic mass is 9.81. The van der Waals surface area contributed by atoms with Crippen LogP contribution in [-0.2, 0) is 11.3 Å². The average Bonchev–Trinajstić information content (AvgIpc) is 2.90. The summed E-state index contributed by atoms with van der Waals surface area (Å²) in [4.78, 5) is 18.0. The van der Waals surface area contributed by atoms with Crippen LogP contribution in [0.5, 0.6) is 0 Å². The van der Waals surface area contributed by atoms with Gasteiger partial charge in [0.1, 0.15) is 0 Å². The highest BCUT2D eigenvalue weighted by Gasteiger charge is 2.54. The number of aliphatic carboxylic acids is 1. The molecule has 0 radical (unpaired) electrons.